The predicted molar refractivity (Wildman–Crippen MR) is 110 cm³/mol. The van der Waals surface area contributed by atoms with Gasteiger partial charge in [-0.05, 0) is 24.5 Å². The van der Waals surface area contributed by atoms with Crippen LogP contribution in [0.2, 0.25) is 0 Å². The summed E-state index contributed by atoms with van der Waals surface area (Å²) in [6, 6.07) is 5.82. The Labute approximate surface area is 171 Å². The maximum atomic E-state index is 13.0. The summed E-state index contributed by atoms with van der Waals surface area (Å²) in [6.07, 6.45) is 7.11. The van der Waals surface area contributed by atoms with Crippen molar-refractivity contribution in [2.45, 2.75) is 19.4 Å². The second-order valence-corrected chi connectivity index (χ2v) is 7.62. The number of carbonyl (C=O) groups excluding carboxylic acids is 1. The van der Waals surface area contributed by atoms with Crippen LogP contribution in [0.25, 0.3) is 0 Å². The zero-order chi connectivity index (χ0) is 20.1. The SMILES string of the molecule is COc1ccnc(N2CCC(C(=O)N3CCN(Cc4cccnc4)CC3)CC2)n1. The van der Waals surface area contributed by atoms with E-state index in [0.717, 1.165) is 58.7 Å². The Balaban J connectivity index is 1.25. The van der Waals surface area contributed by atoms with E-state index in [0.29, 0.717) is 17.7 Å². The molecule has 0 N–H and O–H groups in total. The fourth-order valence-corrected chi connectivity index (χ4v) is 4.06. The summed E-state index contributed by atoms with van der Waals surface area (Å²) in [6.45, 7) is 5.93. The number of piperazine rings is 1. The van der Waals surface area contributed by atoms with Crippen LogP contribution in [-0.2, 0) is 11.3 Å². The van der Waals surface area contributed by atoms with Gasteiger partial charge in [-0.2, -0.15) is 4.98 Å². The quantitative estimate of drug-likeness (QED) is 0.757. The minimum atomic E-state index is 0.0988. The topological polar surface area (TPSA) is 74.7 Å². The lowest BCUT2D eigenvalue weighted by Gasteiger charge is -2.38. The molecule has 0 unspecified atom stereocenters. The van der Waals surface area contributed by atoms with E-state index in [2.05, 4.69) is 30.8 Å². The zero-order valence-electron chi connectivity index (χ0n) is 16.9. The molecule has 2 aromatic heterocycles. The van der Waals surface area contributed by atoms with Gasteiger partial charge >= 0.3 is 0 Å². The molecule has 0 spiro atoms. The molecule has 8 nitrogen and oxygen atoms in total. The summed E-state index contributed by atoms with van der Waals surface area (Å²) in [5, 5.41) is 0. The van der Waals surface area contributed by atoms with Gasteiger partial charge in [-0.1, -0.05) is 6.07 Å². The van der Waals surface area contributed by atoms with Crippen molar-refractivity contribution in [3.05, 3.63) is 42.4 Å². The highest BCUT2D eigenvalue weighted by atomic mass is 16.5. The second-order valence-electron chi connectivity index (χ2n) is 7.62. The summed E-state index contributed by atoms with van der Waals surface area (Å²) in [5.41, 5.74) is 1.22. The van der Waals surface area contributed by atoms with Crippen LogP contribution in [0.4, 0.5) is 5.95 Å². The molecule has 2 aliphatic heterocycles. The van der Waals surface area contributed by atoms with Crippen molar-refractivity contribution in [2.24, 2.45) is 5.92 Å². The van der Waals surface area contributed by atoms with E-state index in [-0.39, 0.29) is 5.92 Å². The third-order valence-corrected chi connectivity index (χ3v) is 5.77. The average molecular weight is 396 g/mol. The second kappa shape index (κ2) is 9.17. The fourth-order valence-electron chi connectivity index (χ4n) is 4.06. The highest BCUT2D eigenvalue weighted by Gasteiger charge is 2.31. The molecule has 0 atom stereocenters. The van der Waals surface area contributed by atoms with Crippen molar-refractivity contribution in [3.8, 4) is 5.88 Å². The number of nitrogens with zero attached hydrogens (tertiary/aromatic N) is 6. The van der Waals surface area contributed by atoms with E-state index in [1.54, 1.807) is 25.6 Å². The first-order chi connectivity index (χ1) is 14.2. The molecule has 0 radical (unpaired) electrons. The van der Waals surface area contributed by atoms with E-state index in [9.17, 15) is 4.79 Å². The van der Waals surface area contributed by atoms with E-state index in [1.165, 1.54) is 5.56 Å². The molecule has 0 bridgehead atoms. The number of amides is 1. The molecule has 0 aromatic carbocycles. The van der Waals surface area contributed by atoms with Gasteiger partial charge in [0.25, 0.3) is 0 Å². The Hall–Kier alpha value is -2.74. The fraction of sp³-hybridized carbons (Fsp3) is 0.524. The number of anilines is 1. The lowest BCUT2D eigenvalue weighted by Crippen LogP contribution is -2.51. The van der Waals surface area contributed by atoms with Crippen molar-refractivity contribution in [3.63, 3.8) is 0 Å². The van der Waals surface area contributed by atoms with Gasteiger partial charge in [0.2, 0.25) is 17.7 Å². The van der Waals surface area contributed by atoms with Crippen LogP contribution in [0, 0.1) is 5.92 Å². The van der Waals surface area contributed by atoms with E-state index in [4.69, 9.17) is 4.74 Å². The minimum Gasteiger partial charge on any atom is -0.481 e. The summed E-state index contributed by atoms with van der Waals surface area (Å²) >= 11 is 0. The Kier molecular flexibility index (Phi) is 6.19. The molecule has 29 heavy (non-hydrogen) atoms. The highest BCUT2D eigenvalue weighted by molar-refractivity contribution is 5.79. The lowest BCUT2D eigenvalue weighted by atomic mass is 9.95. The molecule has 4 heterocycles. The third kappa shape index (κ3) is 4.82. The molecule has 154 valence electrons. The largest absolute Gasteiger partial charge is 0.481 e. The number of hydrogen-bond acceptors (Lipinski definition) is 7. The van der Waals surface area contributed by atoms with Crippen LogP contribution < -0.4 is 9.64 Å². The monoisotopic (exact) mass is 396 g/mol. The number of ether oxygens (including phenoxy) is 1. The van der Waals surface area contributed by atoms with Crippen LogP contribution in [0.5, 0.6) is 5.88 Å². The number of carbonyl (C=O) groups is 1. The number of piperidine rings is 1. The number of rotatable bonds is 5. The Morgan fingerprint density at radius 2 is 1.90 bits per heavy atom. The van der Waals surface area contributed by atoms with Crippen molar-refractivity contribution < 1.29 is 9.53 Å². The summed E-state index contributed by atoms with van der Waals surface area (Å²) in [5.74, 6) is 1.65. The maximum absolute atomic E-state index is 13.0. The molecular weight excluding hydrogens is 368 g/mol. The van der Waals surface area contributed by atoms with Crippen LogP contribution in [0.1, 0.15) is 18.4 Å². The van der Waals surface area contributed by atoms with Crippen LogP contribution in [-0.4, -0.2) is 77.0 Å². The van der Waals surface area contributed by atoms with Crippen molar-refractivity contribution in [1.29, 1.82) is 0 Å². The molecule has 1 amide bonds. The smallest absolute Gasteiger partial charge is 0.228 e. The number of methoxy groups -OCH3 is 1. The van der Waals surface area contributed by atoms with Gasteiger partial charge in [0, 0.05) is 76.4 Å². The molecule has 2 aliphatic rings. The van der Waals surface area contributed by atoms with E-state index in [1.807, 2.05) is 17.2 Å². The maximum Gasteiger partial charge on any atom is 0.228 e. The van der Waals surface area contributed by atoms with Crippen molar-refractivity contribution in [2.75, 3.05) is 51.3 Å². The lowest BCUT2D eigenvalue weighted by molar-refractivity contribution is -0.138. The van der Waals surface area contributed by atoms with Crippen molar-refractivity contribution in [1.82, 2.24) is 24.8 Å². The summed E-state index contributed by atoms with van der Waals surface area (Å²) in [7, 11) is 1.60. The van der Waals surface area contributed by atoms with E-state index >= 15 is 0 Å². The first-order valence-corrected chi connectivity index (χ1v) is 10.2. The average Bonchev–Trinajstić information content (AvgIpc) is 2.80. The van der Waals surface area contributed by atoms with E-state index < -0.39 is 0 Å². The Morgan fingerprint density at radius 1 is 1.10 bits per heavy atom. The molecule has 0 saturated carbocycles. The van der Waals surface area contributed by atoms with Gasteiger partial charge in [-0.25, -0.2) is 4.98 Å². The molecule has 0 aliphatic carbocycles. The van der Waals surface area contributed by atoms with Crippen LogP contribution in [0.3, 0.4) is 0 Å². The molecule has 4 rings (SSSR count). The summed E-state index contributed by atoms with van der Waals surface area (Å²) < 4.78 is 5.18. The standard InChI is InChI=1S/C21H28N6O2/c1-29-19-4-8-23-21(24-19)27-9-5-18(6-10-27)20(28)26-13-11-25(12-14-26)16-17-3-2-7-22-15-17/h2-4,7-8,15,18H,5-6,9-14,16H2,1H3. The van der Waals surface area contributed by atoms with Gasteiger partial charge < -0.3 is 14.5 Å². The third-order valence-electron chi connectivity index (χ3n) is 5.77. The first-order valence-electron chi connectivity index (χ1n) is 10.2. The van der Waals surface area contributed by atoms with Crippen LogP contribution in [0.15, 0.2) is 36.8 Å². The molecule has 2 fully saturated rings. The molecule has 8 heteroatoms. The van der Waals surface area contributed by atoms with Gasteiger partial charge in [0.1, 0.15) is 0 Å². The number of hydrogen-bond donors (Lipinski definition) is 0. The van der Waals surface area contributed by atoms with Gasteiger partial charge in [0.15, 0.2) is 0 Å². The normalized spacial score (nSPS) is 18.7. The molecular formula is C21H28N6O2. The number of pyridine rings is 1. The van der Waals surface area contributed by atoms with Gasteiger partial charge in [-0.15, -0.1) is 0 Å². The van der Waals surface area contributed by atoms with Gasteiger partial charge in [0.05, 0.1) is 7.11 Å². The Morgan fingerprint density at radius 3 is 2.59 bits per heavy atom. The van der Waals surface area contributed by atoms with Crippen LogP contribution >= 0.6 is 0 Å². The number of aromatic nitrogens is 3. The minimum absolute atomic E-state index is 0.0988. The molecule has 2 aromatic rings. The van der Waals surface area contributed by atoms with Gasteiger partial charge in [-0.3, -0.25) is 14.7 Å². The Bertz CT molecular complexity index is 802. The zero-order valence-corrected chi connectivity index (χ0v) is 16.9. The predicted octanol–water partition coefficient (Wildman–Crippen LogP) is 1.44. The summed E-state index contributed by atoms with van der Waals surface area (Å²) in [4.78, 5) is 32.5. The van der Waals surface area contributed by atoms with Crippen molar-refractivity contribution >= 4 is 11.9 Å². The first kappa shape index (κ1) is 19.6. The molecule has 2 saturated heterocycles. The highest BCUT2D eigenvalue weighted by Crippen LogP contribution is 2.24.